The molecule has 26 heavy (non-hydrogen) atoms. The fourth-order valence-electron chi connectivity index (χ4n) is 1.95. The van der Waals surface area contributed by atoms with Crippen LogP contribution in [0.2, 0.25) is 5.02 Å². The SMILES string of the molecule is CN=C(NCCNS(=O)(=O)c1cccc(Cl)c1)NCc1ncnn1C.I. The summed E-state index contributed by atoms with van der Waals surface area (Å²) in [7, 11) is -0.174. The van der Waals surface area contributed by atoms with E-state index in [1.54, 1.807) is 30.9 Å². The van der Waals surface area contributed by atoms with E-state index in [9.17, 15) is 8.42 Å². The molecule has 0 atom stereocenters. The van der Waals surface area contributed by atoms with Gasteiger partial charge in [-0.1, -0.05) is 17.7 Å². The molecule has 144 valence electrons. The molecule has 1 aromatic carbocycles. The second kappa shape index (κ2) is 10.6. The molecule has 2 rings (SSSR count). The summed E-state index contributed by atoms with van der Waals surface area (Å²) in [6.45, 7) is 1.00. The molecule has 1 aromatic heterocycles. The van der Waals surface area contributed by atoms with Crippen LogP contribution in [0.25, 0.3) is 0 Å². The monoisotopic (exact) mass is 513 g/mol. The van der Waals surface area contributed by atoms with E-state index < -0.39 is 10.0 Å². The first-order valence-corrected chi connectivity index (χ1v) is 9.31. The zero-order valence-electron chi connectivity index (χ0n) is 14.3. The first kappa shape index (κ1) is 22.6. The third kappa shape index (κ3) is 6.70. The van der Waals surface area contributed by atoms with Crippen LogP contribution in [-0.4, -0.2) is 49.3 Å². The number of nitrogens with zero attached hydrogens (tertiary/aromatic N) is 4. The van der Waals surface area contributed by atoms with Gasteiger partial charge in [0.25, 0.3) is 0 Å². The van der Waals surface area contributed by atoms with Crippen LogP contribution in [-0.2, 0) is 23.6 Å². The van der Waals surface area contributed by atoms with E-state index in [1.807, 2.05) is 0 Å². The number of hydrogen-bond donors (Lipinski definition) is 3. The van der Waals surface area contributed by atoms with Crippen molar-refractivity contribution in [3.05, 3.63) is 41.4 Å². The van der Waals surface area contributed by atoms with Crippen molar-refractivity contribution in [3.63, 3.8) is 0 Å². The molecule has 12 heteroatoms. The minimum atomic E-state index is -3.60. The Kier molecular flexibility index (Phi) is 9.25. The molecule has 9 nitrogen and oxygen atoms in total. The number of aliphatic imine (C=N–C) groups is 1. The average Bonchev–Trinajstić information content (AvgIpc) is 2.99. The molecular formula is C14H21ClIN7O2S. The topological polar surface area (TPSA) is 113 Å². The number of aromatic nitrogens is 3. The predicted molar refractivity (Wildman–Crippen MR) is 111 cm³/mol. The summed E-state index contributed by atoms with van der Waals surface area (Å²) >= 11 is 5.82. The quantitative estimate of drug-likeness (QED) is 0.218. The van der Waals surface area contributed by atoms with Crippen LogP contribution >= 0.6 is 35.6 Å². The zero-order valence-corrected chi connectivity index (χ0v) is 18.2. The summed E-state index contributed by atoms with van der Waals surface area (Å²) in [6.07, 6.45) is 1.47. The Bertz CT molecular complexity index is 841. The molecule has 0 saturated heterocycles. The molecule has 0 unspecified atom stereocenters. The molecule has 0 aliphatic carbocycles. The molecule has 2 aromatic rings. The van der Waals surface area contributed by atoms with E-state index in [1.165, 1.54) is 18.5 Å². The third-order valence-corrected chi connectivity index (χ3v) is 4.95. The van der Waals surface area contributed by atoms with Gasteiger partial charge in [-0.25, -0.2) is 18.1 Å². The highest BCUT2D eigenvalue weighted by molar-refractivity contribution is 14.0. The summed E-state index contributed by atoms with van der Waals surface area (Å²) in [5.41, 5.74) is 0. The van der Waals surface area contributed by atoms with Crippen molar-refractivity contribution in [1.82, 2.24) is 30.1 Å². The largest absolute Gasteiger partial charge is 0.355 e. The maximum absolute atomic E-state index is 12.2. The van der Waals surface area contributed by atoms with Gasteiger partial charge in [-0.05, 0) is 18.2 Å². The van der Waals surface area contributed by atoms with Gasteiger partial charge in [0.05, 0.1) is 11.4 Å². The molecule has 1 heterocycles. The predicted octanol–water partition coefficient (Wildman–Crippen LogP) is 0.730. The first-order valence-electron chi connectivity index (χ1n) is 7.45. The standard InChI is InChI=1S/C14H20ClN7O2S.HI/c1-16-14(18-9-13-19-10-20-22(13)2)17-6-7-21-25(23,24)12-5-3-4-11(15)8-12;/h3-5,8,10,21H,6-7,9H2,1-2H3,(H2,16,17,18);1H. The fourth-order valence-corrected chi connectivity index (χ4v) is 3.28. The lowest BCUT2D eigenvalue weighted by atomic mass is 10.4. The fraction of sp³-hybridized carbons (Fsp3) is 0.357. The molecular weight excluding hydrogens is 493 g/mol. The average molecular weight is 514 g/mol. The third-order valence-electron chi connectivity index (χ3n) is 3.26. The molecule has 3 N–H and O–H groups in total. The first-order chi connectivity index (χ1) is 11.9. The number of sulfonamides is 1. The van der Waals surface area contributed by atoms with Gasteiger partial charge in [-0.15, -0.1) is 24.0 Å². The van der Waals surface area contributed by atoms with E-state index in [-0.39, 0.29) is 35.4 Å². The van der Waals surface area contributed by atoms with Gasteiger partial charge < -0.3 is 10.6 Å². The van der Waals surface area contributed by atoms with Crippen LogP contribution in [0.5, 0.6) is 0 Å². The lowest BCUT2D eigenvalue weighted by Crippen LogP contribution is -2.41. The molecule has 0 saturated carbocycles. The maximum atomic E-state index is 12.2. The zero-order chi connectivity index (χ0) is 18.3. The summed E-state index contributed by atoms with van der Waals surface area (Å²) in [4.78, 5) is 8.29. The summed E-state index contributed by atoms with van der Waals surface area (Å²) in [6, 6.07) is 6.10. The minimum Gasteiger partial charge on any atom is -0.355 e. The Balaban J connectivity index is 0.00000338. The lowest BCUT2D eigenvalue weighted by molar-refractivity contribution is 0.580. The van der Waals surface area contributed by atoms with Crippen molar-refractivity contribution in [3.8, 4) is 0 Å². The van der Waals surface area contributed by atoms with Crippen molar-refractivity contribution in [1.29, 1.82) is 0 Å². The second-order valence-electron chi connectivity index (χ2n) is 5.01. The Morgan fingerprint density at radius 3 is 2.69 bits per heavy atom. The van der Waals surface area contributed by atoms with Gasteiger partial charge in [0.15, 0.2) is 5.96 Å². The van der Waals surface area contributed by atoms with E-state index in [4.69, 9.17) is 11.6 Å². The summed E-state index contributed by atoms with van der Waals surface area (Å²) < 4.78 is 28.5. The number of halogens is 2. The Morgan fingerprint density at radius 2 is 2.08 bits per heavy atom. The van der Waals surface area contributed by atoms with E-state index in [2.05, 4.69) is 30.4 Å². The van der Waals surface area contributed by atoms with Crippen LogP contribution in [0.1, 0.15) is 5.82 Å². The molecule has 0 fully saturated rings. The highest BCUT2D eigenvalue weighted by Gasteiger charge is 2.13. The van der Waals surface area contributed by atoms with Crippen molar-refractivity contribution in [2.24, 2.45) is 12.0 Å². The Morgan fingerprint density at radius 1 is 1.31 bits per heavy atom. The highest BCUT2D eigenvalue weighted by Crippen LogP contribution is 2.14. The molecule has 0 amide bonds. The highest BCUT2D eigenvalue weighted by atomic mass is 127. The van der Waals surface area contributed by atoms with Gasteiger partial charge in [0.2, 0.25) is 10.0 Å². The molecule has 0 aliphatic rings. The van der Waals surface area contributed by atoms with Crippen molar-refractivity contribution in [2.75, 3.05) is 20.1 Å². The van der Waals surface area contributed by atoms with Crippen LogP contribution < -0.4 is 15.4 Å². The second-order valence-corrected chi connectivity index (χ2v) is 7.21. The number of rotatable bonds is 7. The van der Waals surface area contributed by atoms with Crippen LogP contribution in [0.4, 0.5) is 0 Å². The van der Waals surface area contributed by atoms with Crippen LogP contribution in [0, 0.1) is 0 Å². The van der Waals surface area contributed by atoms with Gasteiger partial charge in [0.1, 0.15) is 12.2 Å². The molecule has 0 radical (unpaired) electrons. The maximum Gasteiger partial charge on any atom is 0.240 e. The number of nitrogens with one attached hydrogen (secondary N) is 3. The number of benzene rings is 1. The minimum absolute atomic E-state index is 0. The number of hydrogen-bond acceptors (Lipinski definition) is 5. The van der Waals surface area contributed by atoms with Crippen molar-refractivity contribution < 1.29 is 8.42 Å². The van der Waals surface area contributed by atoms with Crippen molar-refractivity contribution >= 4 is 51.6 Å². The van der Waals surface area contributed by atoms with E-state index >= 15 is 0 Å². The van der Waals surface area contributed by atoms with Gasteiger partial charge >= 0.3 is 0 Å². The summed E-state index contributed by atoms with van der Waals surface area (Å²) in [5, 5.41) is 10.4. The lowest BCUT2D eigenvalue weighted by Gasteiger charge is -2.12. The smallest absolute Gasteiger partial charge is 0.240 e. The number of aryl methyl sites for hydroxylation is 1. The van der Waals surface area contributed by atoms with Crippen molar-refractivity contribution in [2.45, 2.75) is 11.4 Å². The van der Waals surface area contributed by atoms with Gasteiger partial charge in [0, 0.05) is 32.2 Å². The Labute approximate surface area is 174 Å². The molecule has 0 spiro atoms. The number of guanidine groups is 1. The van der Waals surface area contributed by atoms with Gasteiger partial charge in [-0.2, -0.15) is 5.10 Å². The van der Waals surface area contributed by atoms with E-state index in [0.29, 0.717) is 24.1 Å². The summed E-state index contributed by atoms with van der Waals surface area (Å²) in [5.74, 6) is 1.29. The Hall–Kier alpha value is -1.44. The van der Waals surface area contributed by atoms with E-state index in [0.717, 1.165) is 5.82 Å². The van der Waals surface area contributed by atoms with Crippen LogP contribution in [0.3, 0.4) is 0 Å². The molecule has 0 aliphatic heterocycles. The molecule has 0 bridgehead atoms. The van der Waals surface area contributed by atoms with Crippen LogP contribution in [0.15, 0.2) is 40.5 Å². The van der Waals surface area contributed by atoms with Gasteiger partial charge in [-0.3, -0.25) is 9.67 Å². The normalized spacial score (nSPS) is 11.7.